The van der Waals surface area contributed by atoms with Gasteiger partial charge in [0.05, 0.1) is 0 Å². The molecule has 3 unspecified atom stereocenters. The largest absolute Gasteiger partial charge is 0.482 e. The second kappa shape index (κ2) is 8.23. The van der Waals surface area contributed by atoms with Crippen LogP contribution < -0.4 is 14.8 Å². The number of rotatable bonds is 6. The molecule has 0 radical (unpaired) electrons. The summed E-state index contributed by atoms with van der Waals surface area (Å²) in [5, 5.41) is 3.03. The Morgan fingerprint density at radius 2 is 1.65 bits per heavy atom. The Bertz CT molecular complexity index is 733. The van der Waals surface area contributed by atoms with E-state index in [4.69, 9.17) is 9.47 Å². The average Bonchev–Trinajstić information content (AvgIpc) is 2.65. The maximum absolute atomic E-state index is 12.7. The van der Waals surface area contributed by atoms with Crippen molar-refractivity contribution in [3.05, 3.63) is 60.2 Å². The molecule has 2 aromatic carbocycles. The number of carbonyl (C=O) groups excluding carboxylic acids is 1. The van der Waals surface area contributed by atoms with E-state index in [1.807, 2.05) is 63.5 Å². The van der Waals surface area contributed by atoms with Gasteiger partial charge in [-0.15, -0.1) is 0 Å². The fourth-order valence-electron chi connectivity index (χ4n) is 3.05. The topological polar surface area (TPSA) is 50.8 Å². The van der Waals surface area contributed by atoms with Crippen molar-refractivity contribution in [3.8, 4) is 11.5 Å². The number of nitrogens with zero attached hydrogens (tertiary/aromatic N) is 1. The Morgan fingerprint density at radius 1 is 1.04 bits per heavy atom. The van der Waals surface area contributed by atoms with Crippen LogP contribution in [-0.4, -0.2) is 49.7 Å². The minimum Gasteiger partial charge on any atom is -0.482 e. The van der Waals surface area contributed by atoms with E-state index < -0.39 is 6.10 Å². The number of benzene rings is 2. The number of amides is 1. The number of carbonyl (C=O) groups is 1. The van der Waals surface area contributed by atoms with E-state index in [1.165, 1.54) is 5.56 Å². The summed E-state index contributed by atoms with van der Waals surface area (Å²) in [4.78, 5) is 14.8. The molecule has 1 amide bonds. The van der Waals surface area contributed by atoms with Crippen molar-refractivity contribution < 1.29 is 14.3 Å². The molecule has 1 heterocycles. The number of likely N-dealkylation sites (N-methyl/N-ethyl adjacent to an activating group) is 1. The SMILES string of the molecule is CC1Oc2ccccc2OC1C(=O)NCC(Cc1ccccc1)N(C)C. The highest BCUT2D eigenvalue weighted by Crippen LogP contribution is 2.33. The normalized spacial score (nSPS) is 19.8. The quantitative estimate of drug-likeness (QED) is 0.866. The van der Waals surface area contributed by atoms with Crippen LogP contribution in [0.25, 0.3) is 0 Å². The fourth-order valence-corrected chi connectivity index (χ4v) is 3.05. The van der Waals surface area contributed by atoms with Gasteiger partial charge < -0.3 is 19.7 Å². The smallest absolute Gasteiger partial charge is 0.265 e. The summed E-state index contributed by atoms with van der Waals surface area (Å²) in [7, 11) is 4.05. The van der Waals surface area contributed by atoms with E-state index in [0.29, 0.717) is 18.0 Å². The van der Waals surface area contributed by atoms with Gasteiger partial charge in [-0.05, 0) is 45.1 Å². The number of nitrogens with one attached hydrogen (secondary N) is 1. The standard InChI is InChI=1S/C21H26N2O3/c1-15-20(26-19-12-8-7-11-18(19)25-15)21(24)22-14-17(23(2)3)13-16-9-5-4-6-10-16/h4-12,15,17,20H,13-14H2,1-3H3,(H,22,24). The van der Waals surface area contributed by atoms with Crippen molar-refractivity contribution in [2.75, 3.05) is 20.6 Å². The Labute approximate surface area is 154 Å². The second-order valence-corrected chi connectivity index (χ2v) is 6.86. The molecule has 3 atom stereocenters. The van der Waals surface area contributed by atoms with Crippen molar-refractivity contribution in [1.82, 2.24) is 10.2 Å². The van der Waals surface area contributed by atoms with Gasteiger partial charge in [0.1, 0.15) is 6.10 Å². The maximum atomic E-state index is 12.7. The second-order valence-electron chi connectivity index (χ2n) is 6.86. The molecule has 1 aliphatic heterocycles. The van der Waals surface area contributed by atoms with Crippen molar-refractivity contribution in [1.29, 1.82) is 0 Å². The zero-order chi connectivity index (χ0) is 18.5. The molecule has 138 valence electrons. The van der Waals surface area contributed by atoms with Gasteiger partial charge in [-0.25, -0.2) is 0 Å². The van der Waals surface area contributed by atoms with Crippen LogP contribution in [0, 0.1) is 0 Å². The van der Waals surface area contributed by atoms with Crippen LogP contribution in [0.2, 0.25) is 0 Å². The molecule has 5 heteroatoms. The van der Waals surface area contributed by atoms with Gasteiger partial charge >= 0.3 is 0 Å². The van der Waals surface area contributed by atoms with E-state index in [0.717, 1.165) is 6.42 Å². The minimum atomic E-state index is -0.649. The Morgan fingerprint density at radius 3 is 2.31 bits per heavy atom. The summed E-state index contributed by atoms with van der Waals surface area (Å²) in [5.41, 5.74) is 1.25. The predicted molar refractivity (Wildman–Crippen MR) is 102 cm³/mol. The molecule has 0 aromatic heterocycles. The number of para-hydroxylation sites is 2. The van der Waals surface area contributed by atoms with Gasteiger partial charge in [0, 0.05) is 12.6 Å². The molecule has 0 fully saturated rings. The molecule has 0 aliphatic carbocycles. The van der Waals surface area contributed by atoms with Crippen LogP contribution in [0.5, 0.6) is 11.5 Å². The summed E-state index contributed by atoms with van der Waals surface area (Å²) in [6.45, 7) is 2.41. The van der Waals surface area contributed by atoms with Crippen molar-refractivity contribution >= 4 is 5.91 Å². The van der Waals surface area contributed by atoms with E-state index in [2.05, 4.69) is 22.3 Å². The number of hydrogen-bond acceptors (Lipinski definition) is 4. The number of fused-ring (bicyclic) bond motifs is 1. The highest BCUT2D eigenvalue weighted by Gasteiger charge is 2.34. The zero-order valence-corrected chi connectivity index (χ0v) is 15.5. The first kappa shape index (κ1) is 18.3. The lowest BCUT2D eigenvalue weighted by molar-refractivity contribution is -0.133. The molecular formula is C21H26N2O3. The van der Waals surface area contributed by atoms with Crippen LogP contribution in [0.3, 0.4) is 0 Å². The van der Waals surface area contributed by atoms with Gasteiger partial charge in [0.25, 0.3) is 5.91 Å². The first-order chi connectivity index (χ1) is 12.5. The Kier molecular flexibility index (Phi) is 5.78. The highest BCUT2D eigenvalue weighted by atomic mass is 16.6. The molecule has 0 bridgehead atoms. The lowest BCUT2D eigenvalue weighted by atomic mass is 10.0. The summed E-state index contributed by atoms with van der Waals surface area (Å²) in [6, 6.07) is 17.9. The first-order valence-corrected chi connectivity index (χ1v) is 8.95. The van der Waals surface area contributed by atoms with Gasteiger partial charge in [-0.1, -0.05) is 42.5 Å². The molecular weight excluding hydrogens is 328 g/mol. The van der Waals surface area contributed by atoms with Gasteiger partial charge in [-0.3, -0.25) is 4.79 Å². The Balaban J connectivity index is 1.60. The Hall–Kier alpha value is -2.53. The maximum Gasteiger partial charge on any atom is 0.265 e. The van der Waals surface area contributed by atoms with Crippen LogP contribution in [0.1, 0.15) is 12.5 Å². The third-order valence-corrected chi connectivity index (χ3v) is 4.66. The molecule has 0 saturated heterocycles. The molecule has 2 aromatic rings. The molecule has 5 nitrogen and oxygen atoms in total. The molecule has 1 aliphatic rings. The van der Waals surface area contributed by atoms with Crippen molar-refractivity contribution in [2.24, 2.45) is 0 Å². The molecule has 26 heavy (non-hydrogen) atoms. The summed E-state index contributed by atoms with van der Waals surface area (Å²) < 4.78 is 11.7. The van der Waals surface area contributed by atoms with Gasteiger partial charge in [0.15, 0.2) is 11.5 Å². The van der Waals surface area contributed by atoms with Crippen molar-refractivity contribution in [2.45, 2.75) is 31.6 Å². The minimum absolute atomic E-state index is 0.146. The van der Waals surface area contributed by atoms with Crippen LogP contribution >= 0.6 is 0 Å². The fraction of sp³-hybridized carbons (Fsp3) is 0.381. The van der Waals surface area contributed by atoms with Gasteiger partial charge in [-0.2, -0.15) is 0 Å². The summed E-state index contributed by atoms with van der Waals surface area (Å²) in [6.07, 6.45) is -0.115. The monoisotopic (exact) mass is 354 g/mol. The molecule has 0 saturated carbocycles. The van der Waals surface area contributed by atoms with Crippen LogP contribution in [-0.2, 0) is 11.2 Å². The number of hydrogen-bond donors (Lipinski definition) is 1. The highest BCUT2D eigenvalue weighted by molar-refractivity contribution is 5.82. The summed E-state index contributed by atoms with van der Waals surface area (Å²) in [5.74, 6) is 1.14. The van der Waals surface area contributed by atoms with E-state index >= 15 is 0 Å². The van der Waals surface area contributed by atoms with Crippen molar-refractivity contribution in [3.63, 3.8) is 0 Å². The van der Waals surface area contributed by atoms with Crippen LogP contribution in [0.15, 0.2) is 54.6 Å². The molecule has 3 rings (SSSR count). The lowest BCUT2D eigenvalue weighted by Crippen LogP contribution is -2.51. The number of ether oxygens (including phenoxy) is 2. The molecule has 1 N–H and O–H groups in total. The van der Waals surface area contributed by atoms with Crippen LogP contribution in [0.4, 0.5) is 0 Å². The lowest BCUT2D eigenvalue weighted by Gasteiger charge is -2.32. The summed E-state index contributed by atoms with van der Waals surface area (Å²) >= 11 is 0. The van der Waals surface area contributed by atoms with Gasteiger partial charge in [0.2, 0.25) is 6.10 Å². The predicted octanol–water partition coefficient (Wildman–Crippen LogP) is 2.50. The van der Waals surface area contributed by atoms with E-state index in [9.17, 15) is 4.79 Å². The first-order valence-electron chi connectivity index (χ1n) is 8.95. The third-order valence-electron chi connectivity index (χ3n) is 4.66. The zero-order valence-electron chi connectivity index (χ0n) is 15.5. The van der Waals surface area contributed by atoms with E-state index in [1.54, 1.807) is 0 Å². The molecule has 0 spiro atoms. The average molecular weight is 354 g/mol. The van der Waals surface area contributed by atoms with E-state index in [-0.39, 0.29) is 18.1 Å². The third kappa shape index (κ3) is 4.35.